The highest BCUT2D eigenvalue weighted by atomic mass is 19.4. The number of alkyl halides is 3. The monoisotopic (exact) mass is 236 g/mol. The Morgan fingerprint density at radius 3 is 2.25 bits per heavy atom. The summed E-state index contributed by atoms with van der Waals surface area (Å²) in [6.07, 6.45) is -4.12. The van der Waals surface area contributed by atoms with Crippen molar-refractivity contribution in [2.75, 3.05) is 26.2 Å². The zero-order chi connectivity index (χ0) is 12.3. The molecule has 1 rings (SSSR count). The first-order valence-electron chi connectivity index (χ1n) is 5.48. The molecule has 1 aliphatic heterocycles. The predicted molar refractivity (Wildman–Crippen MR) is 58.3 cm³/mol. The van der Waals surface area contributed by atoms with E-state index in [1.54, 1.807) is 13.8 Å². The van der Waals surface area contributed by atoms with Gasteiger partial charge in [0.1, 0.15) is 0 Å². The Hall–Kier alpha value is -0.550. The Morgan fingerprint density at radius 1 is 1.38 bits per heavy atom. The van der Waals surface area contributed by atoms with E-state index >= 15 is 0 Å². The summed E-state index contributed by atoms with van der Waals surface area (Å²) in [5, 5.41) is 3.09. The second kappa shape index (κ2) is 5.19. The van der Waals surface area contributed by atoms with Gasteiger partial charge >= 0.3 is 6.18 Å². The first-order valence-corrected chi connectivity index (χ1v) is 5.48. The molecular weight excluding hydrogens is 217 g/mol. The molecule has 0 amide bonds. The van der Waals surface area contributed by atoms with Crippen LogP contribution in [0.2, 0.25) is 0 Å². The van der Waals surface area contributed by atoms with Crippen LogP contribution in [0.1, 0.15) is 20.8 Å². The van der Waals surface area contributed by atoms with Crippen LogP contribution < -0.4 is 5.32 Å². The highest BCUT2D eigenvalue weighted by molar-refractivity contribution is 5.22. The summed E-state index contributed by atoms with van der Waals surface area (Å²) in [6.45, 7) is 6.73. The van der Waals surface area contributed by atoms with Crippen molar-refractivity contribution < 1.29 is 13.2 Å². The van der Waals surface area contributed by atoms with Crippen molar-refractivity contribution in [2.45, 2.75) is 33.0 Å². The third-order valence-corrected chi connectivity index (χ3v) is 2.83. The summed E-state index contributed by atoms with van der Waals surface area (Å²) in [5.74, 6) is 0. The Balaban J connectivity index is 2.58. The molecule has 0 aliphatic carbocycles. The van der Waals surface area contributed by atoms with Gasteiger partial charge in [-0.3, -0.25) is 4.90 Å². The lowest BCUT2D eigenvalue weighted by Gasteiger charge is -2.30. The fourth-order valence-electron chi connectivity index (χ4n) is 1.62. The molecular formula is C11H19F3N2. The molecule has 1 saturated heterocycles. The number of hydrogen-bond donors (Lipinski definition) is 1. The first-order chi connectivity index (χ1) is 7.29. The molecule has 16 heavy (non-hydrogen) atoms. The average Bonchev–Trinajstić information content (AvgIpc) is 1.96. The molecule has 0 spiro atoms. The third-order valence-electron chi connectivity index (χ3n) is 2.83. The van der Waals surface area contributed by atoms with Gasteiger partial charge in [-0.25, -0.2) is 0 Å². The second-order valence-corrected chi connectivity index (χ2v) is 4.60. The maximum absolute atomic E-state index is 12.3. The summed E-state index contributed by atoms with van der Waals surface area (Å²) in [6, 6.07) is -0.0924. The molecule has 0 radical (unpaired) electrons. The van der Waals surface area contributed by atoms with Gasteiger partial charge in [0.15, 0.2) is 0 Å². The van der Waals surface area contributed by atoms with E-state index in [0.717, 1.165) is 18.7 Å². The van der Waals surface area contributed by atoms with Crippen LogP contribution in [0.15, 0.2) is 11.1 Å². The minimum absolute atomic E-state index is 0.0924. The van der Waals surface area contributed by atoms with E-state index in [0.29, 0.717) is 6.54 Å². The standard InChI is InChI=1S/C11H19F3N2/c1-8(2)16(7-11(12,13)14)6-9(3)10-4-15-5-10/h8,15H,4-7H2,1-3H3. The van der Waals surface area contributed by atoms with Gasteiger partial charge in [0.05, 0.1) is 6.54 Å². The van der Waals surface area contributed by atoms with Gasteiger partial charge < -0.3 is 5.32 Å². The highest BCUT2D eigenvalue weighted by Gasteiger charge is 2.32. The van der Waals surface area contributed by atoms with Gasteiger partial charge in [0, 0.05) is 25.7 Å². The molecule has 0 aromatic carbocycles. The van der Waals surface area contributed by atoms with Crippen molar-refractivity contribution in [1.82, 2.24) is 10.2 Å². The van der Waals surface area contributed by atoms with E-state index in [1.165, 1.54) is 10.5 Å². The molecule has 1 N–H and O–H groups in total. The maximum Gasteiger partial charge on any atom is 0.401 e. The smallest absolute Gasteiger partial charge is 0.309 e. The fourth-order valence-corrected chi connectivity index (χ4v) is 1.62. The number of nitrogens with zero attached hydrogens (tertiary/aromatic N) is 1. The van der Waals surface area contributed by atoms with Crippen LogP contribution in [0.5, 0.6) is 0 Å². The Morgan fingerprint density at radius 2 is 1.94 bits per heavy atom. The quantitative estimate of drug-likeness (QED) is 0.753. The van der Waals surface area contributed by atoms with Gasteiger partial charge in [0.25, 0.3) is 0 Å². The van der Waals surface area contributed by atoms with Gasteiger partial charge in [0.2, 0.25) is 0 Å². The topological polar surface area (TPSA) is 15.3 Å². The predicted octanol–water partition coefficient (Wildman–Crippen LogP) is 2.18. The zero-order valence-corrected chi connectivity index (χ0v) is 9.99. The van der Waals surface area contributed by atoms with Gasteiger partial charge in [-0.05, 0) is 26.3 Å². The van der Waals surface area contributed by atoms with Crippen LogP contribution in [-0.2, 0) is 0 Å². The Labute approximate surface area is 94.5 Å². The molecule has 5 heteroatoms. The van der Waals surface area contributed by atoms with E-state index in [-0.39, 0.29) is 6.04 Å². The summed E-state index contributed by atoms with van der Waals surface area (Å²) >= 11 is 0. The van der Waals surface area contributed by atoms with Crippen LogP contribution in [0, 0.1) is 0 Å². The minimum atomic E-state index is -4.12. The zero-order valence-electron chi connectivity index (χ0n) is 9.99. The maximum atomic E-state index is 12.3. The third kappa shape index (κ3) is 4.14. The number of rotatable bonds is 4. The molecule has 1 heterocycles. The van der Waals surface area contributed by atoms with E-state index in [1.807, 2.05) is 6.92 Å². The molecule has 0 aromatic heterocycles. The normalized spacial score (nSPS) is 16.9. The second-order valence-electron chi connectivity index (χ2n) is 4.60. The molecule has 0 atom stereocenters. The van der Waals surface area contributed by atoms with Crippen molar-refractivity contribution in [3.63, 3.8) is 0 Å². The molecule has 1 aliphatic rings. The van der Waals surface area contributed by atoms with E-state index < -0.39 is 12.7 Å². The van der Waals surface area contributed by atoms with Crippen LogP contribution in [0.3, 0.4) is 0 Å². The summed E-state index contributed by atoms with van der Waals surface area (Å²) in [5.41, 5.74) is 2.31. The number of hydrogen-bond acceptors (Lipinski definition) is 2. The Bertz CT molecular complexity index is 263. The van der Waals surface area contributed by atoms with Gasteiger partial charge in [-0.15, -0.1) is 0 Å². The summed E-state index contributed by atoms with van der Waals surface area (Å²) in [7, 11) is 0. The van der Waals surface area contributed by atoms with E-state index in [2.05, 4.69) is 5.32 Å². The van der Waals surface area contributed by atoms with Crippen molar-refractivity contribution in [3.8, 4) is 0 Å². The molecule has 0 aromatic rings. The summed E-state index contributed by atoms with van der Waals surface area (Å²) < 4.78 is 37.0. The van der Waals surface area contributed by atoms with Crippen LogP contribution in [0.25, 0.3) is 0 Å². The highest BCUT2D eigenvalue weighted by Crippen LogP contribution is 2.20. The lowest BCUT2D eigenvalue weighted by molar-refractivity contribution is -0.148. The van der Waals surface area contributed by atoms with Gasteiger partial charge in [-0.1, -0.05) is 5.57 Å². The average molecular weight is 236 g/mol. The molecule has 0 bridgehead atoms. The fraction of sp³-hybridized carbons (Fsp3) is 0.818. The van der Waals surface area contributed by atoms with Crippen LogP contribution in [-0.4, -0.2) is 43.3 Å². The van der Waals surface area contributed by atoms with Crippen LogP contribution >= 0.6 is 0 Å². The molecule has 0 unspecified atom stereocenters. The first kappa shape index (κ1) is 13.5. The molecule has 2 nitrogen and oxygen atoms in total. The van der Waals surface area contributed by atoms with E-state index in [9.17, 15) is 13.2 Å². The van der Waals surface area contributed by atoms with Crippen molar-refractivity contribution in [1.29, 1.82) is 0 Å². The number of nitrogens with one attached hydrogen (secondary N) is 1. The van der Waals surface area contributed by atoms with E-state index in [4.69, 9.17) is 0 Å². The Kier molecular flexibility index (Phi) is 4.38. The minimum Gasteiger partial charge on any atom is -0.309 e. The van der Waals surface area contributed by atoms with Crippen LogP contribution in [0.4, 0.5) is 13.2 Å². The van der Waals surface area contributed by atoms with Crippen molar-refractivity contribution in [3.05, 3.63) is 11.1 Å². The lowest BCUT2D eigenvalue weighted by atomic mass is 10.0. The summed E-state index contributed by atoms with van der Waals surface area (Å²) in [4.78, 5) is 1.46. The largest absolute Gasteiger partial charge is 0.401 e. The number of halogens is 3. The molecule has 0 saturated carbocycles. The van der Waals surface area contributed by atoms with Crippen molar-refractivity contribution >= 4 is 0 Å². The molecule has 1 fully saturated rings. The molecule has 94 valence electrons. The lowest BCUT2D eigenvalue weighted by Crippen LogP contribution is -2.42. The SMILES string of the molecule is CC(CN(CC(F)(F)F)C(C)C)=C1CNC1. The van der Waals surface area contributed by atoms with Crippen molar-refractivity contribution in [2.24, 2.45) is 0 Å². The van der Waals surface area contributed by atoms with Gasteiger partial charge in [-0.2, -0.15) is 13.2 Å².